The summed E-state index contributed by atoms with van der Waals surface area (Å²) in [5.74, 6) is 0.118. The van der Waals surface area contributed by atoms with E-state index in [1.165, 1.54) is 6.92 Å². The molecular formula is C42H28N4O2. The molecule has 0 aliphatic heterocycles. The van der Waals surface area contributed by atoms with Gasteiger partial charge in [-0.2, -0.15) is 0 Å². The van der Waals surface area contributed by atoms with Gasteiger partial charge in [0.25, 0.3) is 0 Å². The summed E-state index contributed by atoms with van der Waals surface area (Å²) in [5.41, 5.74) is 12.3. The molecular weight excluding hydrogens is 592 g/mol. The maximum absolute atomic E-state index is 11.5. The molecule has 0 atom stereocenters. The highest BCUT2D eigenvalue weighted by molar-refractivity contribution is 5.92. The zero-order valence-corrected chi connectivity index (χ0v) is 26.0. The summed E-state index contributed by atoms with van der Waals surface area (Å²) in [5, 5.41) is 0. The van der Waals surface area contributed by atoms with Gasteiger partial charge >= 0.3 is 5.97 Å². The highest BCUT2D eigenvalue weighted by atomic mass is 16.5. The third-order valence-electron chi connectivity index (χ3n) is 8.19. The van der Waals surface area contributed by atoms with E-state index in [9.17, 15) is 4.79 Å². The third kappa shape index (κ3) is 5.67. The largest absolute Gasteiger partial charge is 0.427 e. The lowest BCUT2D eigenvalue weighted by atomic mass is 10.0. The Bertz CT molecular complexity index is 2430. The second kappa shape index (κ2) is 12.3. The van der Waals surface area contributed by atoms with Crippen molar-refractivity contribution in [3.8, 4) is 61.9 Å². The van der Waals surface area contributed by atoms with Gasteiger partial charge < -0.3 is 4.74 Å². The van der Waals surface area contributed by atoms with Crippen LogP contribution in [-0.2, 0) is 4.79 Å². The van der Waals surface area contributed by atoms with Crippen molar-refractivity contribution in [2.24, 2.45) is 0 Å². The van der Waals surface area contributed by atoms with E-state index < -0.39 is 0 Å². The summed E-state index contributed by atoms with van der Waals surface area (Å²) in [4.78, 5) is 32.0. The zero-order valence-electron chi connectivity index (χ0n) is 26.0. The fourth-order valence-electron chi connectivity index (χ4n) is 5.91. The zero-order chi connectivity index (χ0) is 32.5. The maximum atomic E-state index is 11.5. The predicted octanol–water partition coefficient (Wildman–Crippen LogP) is 9.83. The Balaban J connectivity index is 1.25. The number of carbonyl (C=O) groups is 1. The van der Waals surface area contributed by atoms with Crippen molar-refractivity contribution in [1.82, 2.24) is 19.9 Å². The van der Waals surface area contributed by atoms with Crippen LogP contribution in [0.3, 0.4) is 0 Å². The van der Waals surface area contributed by atoms with E-state index >= 15 is 0 Å². The van der Waals surface area contributed by atoms with Crippen LogP contribution >= 0.6 is 0 Å². The molecule has 0 radical (unpaired) electrons. The molecule has 0 aliphatic carbocycles. The SMILES string of the molecule is CC(=O)Oc1ccc(-c2nc3cc(-c4ccc5nc(-c6ccccc6)c(-c6ccccc6)nc5c4)ccc3nc2-c2ccccc2)cc1. The number of ether oxygens (including phenoxy) is 1. The van der Waals surface area contributed by atoms with Crippen molar-refractivity contribution >= 4 is 28.0 Å². The van der Waals surface area contributed by atoms with Gasteiger partial charge in [-0.1, -0.05) is 103 Å². The summed E-state index contributed by atoms with van der Waals surface area (Å²) in [6.45, 7) is 1.39. The van der Waals surface area contributed by atoms with E-state index in [0.717, 1.165) is 78.2 Å². The van der Waals surface area contributed by atoms with Gasteiger partial charge in [0.05, 0.1) is 44.8 Å². The molecule has 48 heavy (non-hydrogen) atoms. The average molecular weight is 621 g/mol. The Hall–Kier alpha value is -6.53. The second-order valence-corrected chi connectivity index (χ2v) is 11.5. The van der Waals surface area contributed by atoms with Crippen molar-refractivity contribution in [2.75, 3.05) is 0 Å². The average Bonchev–Trinajstić information content (AvgIpc) is 3.14. The van der Waals surface area contributed by atoms with Crippen molar-refractivity contribution in [2.45, 2.75) is 6.92 Å². The van der Waals surface area contributed by atoms with Gasteiger partial charge in [0, 0.05) is 29.2 Å². The Kier molecular flexibility index (Phi) is 7.43. The molecule has 0 spiro atoms. The quantitative estimate of drug-likeness (QED) is 0.136. The van der Waals surface area contributed by atoms with Crippen LogP contribution in [0, 0.1) is 0 Å². The molecule has 6 heteroatoms. The van der Waals surface area contributed by atoms with Gasteiger partial charge in [-0.15, -0.1) is 0 Å². The fourth-order valence-corrected chi connectivity index (χ4v) is 5.91. The summed E-state index contributed by atoms with van der Waals surface area (Å²) < 4.78 is 5.26. The van der Waals surface area contributed by atoms with Crippen molar-refractivity contribution in [3.05, 3.63) is 152 Å². The highest BCUT2D eigenvalue weighted by Gasteiger charge is 2.16. The Morgan fingerprint density at radius 3 is 1.10 bits per heavy atom. The molecule has 0 amide bonds. The Labute approximate surface area is 277 Å². The maximum Gasteiger partial charge on any atom is 0.308 e. The number of hydrogen-bond donors (Lipinski definition) is 0. The van der Waals surface area contributed by atoms with Gasteiger partial charge in [-0.3, -0.25) is 4.79 Å². The molecule has 0 fully saturated rings. The van der Waals surface area contributed by atoms with E-state index in [1.807, 2.05) is 91.0 Å². The minimum atomic E-state index is -0.363. The van der Waals surface area contributed by atoms with Crippen molar-refractivity contribution < 1.29 is 9.53 Å². The number of esters is 1. The first-order chi connectivity index (χ1) is 23.6. The topological polar surface area (TPSA) is 77.9 Å². The number of nitrogens with zero attached hydrogens (tertiary/aromatic N) is 4. The van der Waals surface area contributed by atoms with Gasteiger partial charge in [-0.25, -0.2) is 19.9 Å². The molecule has 0 bridgehead atoms. The lowest BCUT2D eigenvalue weighted by molar-refractivity contribution is -0.131. The van der Waals surface area contributed by atoms with Crippen LogP contribution in [0.5, 0.6) is 5.75 Å². The van der Waals surface area contributed by atoms with Gasteiger partial charge in [-0.05, 0) is 59.7 Å². The van der Waals surface area contributed by atoms with Gasteiger partial charge in [0.1, 0.15) is 5.75 Å². The molecule has 2 aromatic heterocycles. The molecule has 0 aliphatic rings. The van der Waals surface area contributed by atoms with Crippen LogP contribution < -0.4 is 4.74 Å². The molecule has 0 unspecified atom stereocenters. The van der Waals surface area contributed by atoms with Crippen LogP contribution in [0.1, 0.15) is 6.92 Å². The first-order valence-electron chi connectivity index (χ1n) is 15.7. The smallest absolute Gasteiger partial charge is 0.308 e. The lowest BCUT2D eigenvalue weighted by Gasteiger charge is -2.13. The molecule has 2 heterocycles. The van der Waals surface area contributed by atoms with E-state index in [2.05, 4.69) is 48.5 Å². The molecule has 8 rings (SSSR count). The summed E-state index contributed by atoms with van der Waals surface area (Å²) in [6.07, 6.45) is 0. The van der Waals surface area contributed by atoms with E-state index in [4.69, 9.17) is 24.7 Å². The third-order valence-corrected chi connectivity index (χ3v) is 8.19. The summed E-state index contributed by atoms with van der Waals surface area (Å²) in [6, 6.07) is 50.1. The van der Waals surface area contributed by atoms with Crippen molar-refractivity contribution in [1.29, 1.82) is 0 Å². The molecule has 0 saturated carbocycles. The second-order valence-electron chi connectivity index (χ2n) is 11.5. The molecule has 6 aromatic carbocycles. The molecule has 0 saturated heterocycles. The number of benzene rings is 6. The molecule has 0 N–H and O–H groups in total. The fraction of sp³-hybridized carbons (Fsp3) is 0.0238. The first kappa shape index (κ1) is 28.9. The summed E-state index contributed by atoms with van der Waals surface area (Å²) >= 11 is 0. The standard InChI is InChI=1S/C42H28N4O2/c1-27(47)48-34-21-17-31(18-22-34)42-40(29-13-7-3-8-14-29)44-36-24-20-33(26-38(36)46-42)32-19-23-35-37(25-32)45-41(30-15-9-4-10-16-30)39(43-35)28-11-5-2-6-12-28/h2-26H,1H3. The van der Waals surface area contributed by atoms with Crippen LogP contribution in [-0.4, -0.2) is 25.9 Å². The number of aromatic nitrogens is 4. The van der Waals surface area contributed by atoms with Crippen LogP contribution in [0.2, 0.25) is 0 Å². The minimum absolute atomic E-state index is 0.363. The Morgan fingerprint density at radius 1 is 0.396 bits per heavy atom. The number of carbonyl (C=O) groups excluding carboxylic acids is 1. The van der Waals surface area contributed by atoms with Gasteiger partial charge in [0.2, 0.25) is 0 Å². The van der Waals surface area contributed by atoms with E-state index in [1.54, 1.807) is 12.1 Å². The predicted molar refractivity (Wildman–Crippen MR) is 191 cm³/mol. The monoisotopic (exact) mass is 620 g/mol. The summed E-state index contributed by atoms with van der Waals surface area (Å²) in [7, 11) is 0. The van der Waals surface area contributed by atoms with Crippen LogP contribution in [0.25, 0.3) is 78.2 Å². The molecule has 6 nitrogen and oxygen atoms in total. The number of fused-ring (bicyclic) bond motifs is 2. The lowest BCUT2D eigenvalue weighted by Crippen LogP contribution is -2.01. The van der Waals surface area contributed by atoms with E-state index in [-0.39, 0.29) is 5.97 Å². The Morgan fingerprint density at radius 2 is 0.729 bits per heavy atom. The van der Waals surface area contributed by atoms with E-state index in [0.29, 0.717) is 5.75 Å². The molecule has 8 aromatic rings. The number of rotatable bonds is 6. The molecule has 228 valence electrons. The van der Waals surface area contributed by atoms with Crippen molar-refractivity contribution in [3.63, 3.8) is 0 Å². The van der Waals surface area contributed by atoms with Crippen LogP contribution in [0.4, 0.5) is 0 Å². The number of hydrogen-bond acceptors (Lipinski definition) is 6. The normalized spacial score (nSPS) is 11.1. The highest BCUT2D eigenvalue weighted by Crippen LogP contribution is 2.35. The van der Waals surface area contributed by atoms with Gasteiger partial charge in [0.15, 0.2) is 0 Å². The first-order valence-corrected chi connectivity index (χ1v) is 15.7. The van der Waals surface area contributed by atoms with Crippen LogP contribution in [0.15, 0.2) is 152 Å². The minimum Gasteiger partial charge on any atom is -0.427 e.